The molecule has 4 nitrogen and oxygen atoms in total. The van der Waals surface area contributed by atoms with Gasteiger partial charge in [0.15, 0.2) is 0 Å². The highest BCUT2D eigenvalue weighted by Crippen LogP contribution is 2.18. The maximum atomic E-state index is 11.8. The number of hydrogen-bond donors (Lipinski definition) is 1. The summed E-state index contributed by atoms with van der Waals surface area (Å²) in [5.41, 5.74) is 1.03. The van der Waals surface area contributed by atoms with E-state index in [0.717, 1.165) is 17.7 Å². The van der Waals surface area contributed by atoms with Crippen LogP contribution in [-0.2, 0) is 16.1 Å². The Morgan fingerprint density at radius 1 is 1.32 bits per heavy atom. The summed E-state index contributed by atoms with van der Waals surface area (Å²) in [4.78, 5) is 11.8. The highest BCUT2D eigenvalue weighted by molar-refractivity contribution is 5.76. The highest BCUT2D eigenvalue weighted by atomic mass is 16.5. The lowest BCUT2D eigenvalue weighted by atomic mass is 9.99. The molecule has 0 saturated carbocycles. The number of esters is 1. The molecule has 0 aliphatic rings. The minimum atomic E-state index is -0.292. The van der Waals surface area contributed by atoms with Crippen LogP contribution in [0.3, 0.4) is 0 Å². The SMILES string of the molecule is CCC(C)C(NCc1ccccc1OC)C(=O)OC. The summed E-state index contributed by atoms with van der Waals surface area (Å²) in [6, 6.07) is 7.48. The van der Waals surface area contributed by atoms with Gasteiger partial charge in [0.05, 0.1) is 14.2 Å². The fourth-order valence-electron chi connectivity index (χ4n) is 1.95. The van der Waals surface area contributed by atoms with Gasteiger partial charge in [-0.3, -0.25) is 10.1 Å². The van der Waals surface area contributed by atoms with Crippen LogP contribution < -0.4 is 10.1 Å². The van der Waals surface area contributed by atoms with Crippen LogP contribution in [0.5, 0.6) is 5.75 Å². The second-order valence-electron chi connectivity index (χ2n) is 4.58. The molecule has 1 aromatic carbocycles. The van der Waals surface area contributed by atoms with Gasteiger partial charge in [-0.2, -0.15) is 0 Å². The van der Waals surface area contributed by atoms with E-state index in [1.54, 1.807) is 7.11 Å². The van der Waals surface area contributed by atoms with Crippen molar-refractivity contribution in [2.75, 3.05) is 14.2 Å². The lowest BCUT2D eigenvalue weighted by Gasteiger charge is -2.22. The van der Waals surface area contributed by atoms with E-state index >= 15 is 0 Å². The lowest BCUT2D eigenvalue weighted by molar-refractivity contribution is -0.144. The van der Waals surface area contributed by atoms with Crippen molar-refractivity contribution in [3.8, 4) is 5.75 Å². The topological polar surface area (TPSA) is 47.6 Å². The van der Waals surface area contributed by atoms with Crippen LogP contribution >= 0.6 is 0 Å². The summed E-state index contributed by atoms with van der Waals surface area (Å²) < 4.78 is 10.1. The molecule has 19 heavy (non-hydrogen) atoms. The number of benzene rings is 1. The number of carbonyl (C=O) groups is 1. The summed E-state index contributed by atoms with van der Waals surface area (Å²) >= 11 is 0. The Bertz CT molecular complexity index is 406. The second kappa shape index (κ2) is 7.79. The zero-order valence-electron chi connectivity index (χ0n) is 12.1. The van der Waals surface area contributed by atoms with Crippen molar-refractivity contribution in [3.63, 3.8) is 0 Å². The van der Waals surface area contributed by atoms with Gasteiger partial charge in [-0.1, -0.05) is 38.5 Å². The quantitative estimate of drug-likeness (QED) is 0.769. The Morgan fingerprint density at radius 2 is 2.00 bits per heavy atom. The number of nitrogens with one attached hydrogen (secondary N) is 1. The number of ether oxygens (including phenoxy) is 2. The maximum Gasteiger partial charge on any atom is 0.323 e. The molecule has 0 radical (unpaired) electrons. The van der Waals surface area contributed by atoms with E-state index in [1.165, 1.54) is 7.11 Å². The van der Waals surface area contributed by atoms with Crippen LogP contribution in [-0.4, -0.2) is 26.2 Å². The van der Waals surface area contributed by atoms with Crippen LogP contribution in [0.1, 0.15) is 25.8 Å². The van der Waals surface area contributed by atoms with Gasteiger partial charge < -0.3 is 9.47 Å². The Balaban J connectivity index is 2.73. The standard InChI is InChI=1S/C15H23NO3/c1-5-11(2)14(15(17)19-4)16-10-12-8-6-7-9-13(12)18-3/h6-9,11,14,16H,5,10H2,1-4H3. The Kier molecular flexibility index (Phi) is 6.36. The van der Waals surface area contributed by atoms with Gasteiger partial charge in [-0.15, -0.1) is 0 Å². The first-order valence-electron chi connectivity index (χ1n) is 6.57. The average molecular weight is 265 g/mol. The molecule has 0 aliphatic carbocycles. The monoisotopic (exact) mass is 265 g/mol. The van der Waals surface area contributed by atoms with Crippen LogP contribution in [0, 0.1) is 5.92 Å². The summed E-state index contributed by atoms with van der Waals surface area (Å²) in [7, 11) is 3.06. The van der Waals surface area contributed by atoms with E-state index in [-0.39, 0.29) is 17.9 Å². The smallest absolute Gasteiger partial charge is 0.323 e. The summed E-state index contributed by atoms with van der Waals surface area (Å²) in [5, 5.41) is 3.26. The van der Waals surface area contributed by atoms with E-state index < -0.39 is 0 Å². The van der Waals surface area contributed by atoms with Gasteiger partial charge in [0.1, 0.15) is 11.8 Å². The van der Waals surface area contributed by atoms with Gasteiger partial charge in [0, 0.05) is 12.1 Å². The van der Waals surface area contributed by atoms with Gasteiger partial charge in [0.2, 0.25) is 0 Å². The maximum absolute atomic E-state index is 11.8. The molecule has 0 aromatic heterocycles. The Labute approximate surface area is 115 Å². The lowest BCUT2D eigenvalue weighted by Crippen LogP contribution is -2.42. The molecule has 2 unspecified atom stereocenters. The zero-order valence-corrected chi connectivity index (χ0v) is 12.1. The first-order chi connectivity index (χ1) is 9.13. The average Bonchev–Trinajstić information content (AvgIpc) is 2.47. The number of methoxy groups -OCH3 is 2. The predicted molar refractivity (Wildman–Crippen MR) is 75.1 cm³/mol. The van der Waals surface area contributed by atoms with Crippen molar-refractivity contribution < 1.29 is 14.3 Å². The molecule has 1 N–H and O–H groups in total. The van der Waals surface area contributed by atoms with E-state index in [1.807, 2.05) is 31.2 Å². The zero-order chi connectivity index (χ0) is 14.3. The van der Waals surface area contributed by atoms with Crippen LogP contribution in [0.15, 0.2) is 24.3 Å². The number of carbonyl (C=O) groups excluding carboxylic acids is 1. The van der Waals surface area contributed by atoms with Gasteiger partial charge >= 0.3 is 5.97 Å². The fraction of sp³-hybridized carbons (Fsp3) is 0.533. The molecule has 4 heteroatoms. The number of rotatable bonds is 7. The minimum absolute atomic E-state index is 0.218. The van der Waals surface area contributed by atoms with Crippen molar-refractivity contribution in [1.29, 1.82) is 0 Å². The molecule has 1 aromatic rings. The third-order valence-corrected chi connectivity index (χ3v) is 3.37. The normalized spacial score (nSPS) is 13.7. The first-order valence-corrected chi connectivity index (χ1v) is 6.57. The van der Waals surface area contributed by atoms with Crippen LogP contribution in [0.2, 0.25) is 0 Å². The molecule has 0 bridgehead atoms. The molecule has 0 heterocycles. The van der Waals surface area contributed by atoms with Crippen molar-refractivity contribution in [3.05, 3.63) is 29.8 Å². The van der Waals surface area contributed by atoms with Crippen molar-refractivity contribution in [2.45, 2.75) is 32.9 Å². The molecule has 0 spiro atoms. The van der Waals surface area contributed by atoms with Crippen LogP contribution in [0.25, 0.3) is 0 Å². The summed E-state index contributed by atoms with van der Waals surface area (Å²) in [5.74, 6) is 0.828. The molecule has 106 valence electrons. The third-order valence-electron chi connectivity index (χ3n) is 3.37. The molecule has 0 amide bonds. The van der Waals surface area contributed by atoms with E-state index in [9.17, 15) is 4.79 Å². The van der Waals surface area contributed by atoms with Gasteiger partial charge in [-0.05, 0) is 12.0 Å². The molecular weight excluding hydrogens is 242 g/mol. The molecule has 0 aliphatic heterocycles. The minimum Gasteiger partial charge on any atom is -0.496 e. The van der Waals surface area contributed by atoms with Gasteiger partial charge in [0.25, 0.3) is 0 Å². The summed E-state index contributed by atoms with van der Waals surface area (Å²) in [6.07, 6.45) is 0.915. The van der Waals surface area contributed by atoms with Crippen molar-refractivity contribution in [2.24, 2.45) is 5.92 Å². The third kappa shape index (κ3) is 4.24. The van der Waals surface area contributed by atoms with Gasteiger partial charge in [-0.25, -0.2) is 0 Å². The summed E-state index contributed by atoms with van der Waals surface area (Å²) in [6.45, 7) is 4.68. The molecule has 0 fully saturated rings. The molecule has 1 rings (SSSR count). The second-order valence-corrected chi connectivity index (χ2v) is 4.58. The van der Waals surface area contributed by atoms with E-state index in [2.05, 4.69) is 12.2 Å². The Hall–Kier alpha value is -1.55. The predicted octanol–water partition coefficient (Wildman–Crippen LogP) is 2.37. The van der Waals surface area contributed by atoms with Crippen LogP contribution in [0.4, 0.5) is 0 Å². The molecule has 2 atom stereocenters. The van der Waals surface area contributed by atoms with E-state index in [4.69, 9.17) is 9.47 Å². The number of para-hydroxylation sites is 1. The van der Waals surface area contributed by atoms with Crippen molar-refractivity contribution in [1.82, 2.24) is 5.32 Å². The van der Waals surface area contributed by atoms with E-state index in [0.29, 0.717) is 6.54 Å². The number of hydrogen-bond acceptors (Lipinski definition) is 4. The molecular formula is C15H23NO3. The first kappa shape index (κ1) is 15.5. The molecule has 0 saturated heterocycles. The highest BCUT2D eigenvalue weighted by Gasteiger charge is 2.24. The Morgan fingerprint density at radius 3 is 2.58 bits per heavy atom. The van der Waals surface area contributed by atoms with Crippen molar-refractivity contribution >= 4 is 5.97 Å². The largest absolute Gasteiger partial charge is 0.496 e. The fourth-order valence-corrected chi connectivity index (χ4v) is 1.95.